The zero-order chi connectivity index (χ0) is 15.0. The molecule has 0 radical (unpaired) electrons. The maximum absolute atomic E-state index is 12.8. The molecule has 0 fully saturated rings. The summed E-state index contributed by atoms with van der Waals surface area (Å²) < 4.78 is 26.6. The van der Waals surface area contributed by atoms with E-state index in [9.17, 15) is 18.6 Å². The lowest BCUT2D eigenvalue weighted by molar-refractivity contribution is 0.270. The lowest BCUT2D eigenvalue weighted by Gasteiger charge is -2.10. The van der Waals surface area contributed by atoms with Crippen LogP contribution in [0, 0.1) is 0 Å². The van der Waals surface area contributed by atoms with Gasteiger partial charge in [-0.3, -0.25) is 0 Å². The summed E-state index contributed by atoms with van der Waals surface area (Å²) in [6.45, 7) is -0.577. The Hall–Kier alpha value is -2.31. The van der Waals surface area contributed by atoms with Crippen molar-refractivity contribution in [2.75, 3.05) is 0 Å². The number of aliphatic hydroxyl groups is 1. The van der Waals surface area contributed by atoms with Crippen LogP contribution < -0.4 is 0 Å². The van der Waals surface area contributed by atoms with Gasteiger partial charge in [-0.1, -0.05) is 30.3 Å². The Labute approximate surface area is 121 Å². The van der Waals surface area contributed by atoms with E-state index in [0.29, 0.717) is 10.9 Å². The molecule has 3 rings (SSSR count). The lowest BCUT2D eigenvalue weighted by Crippen LogP contribution is -2.15. The second-order valence-electron chi connectivity index (χ2n) is 4.55. The molecule has 1 heterocycles. The summed E-state index contributed by atoms with van der Waals surface area (Å²) in [5, 5.41) is 20.0. The summed E-state index contributed by atoms with van der Waals surface area (Å²) in [7, 11) is -3.89. The first-order valence-electron chi connectivity index (χ1n) is 6.30. The molecule has 0 aliphatic heterocycles. The Morgan fingerprint density at radius 2 is 1.57 bits per heavy atom. The van der Waals surface area contributed by atoms with Gasteiger partial charge in [0, 0.05) is 5.39 Å². The number of nitrogens with zero attached hydrogens (tertiary/aromatic N) is 1. The van der Waals surface area contributed by atoms with E-state index in [1.165, 1.54) is 12.1 Å². The molecule has 0 bridgehead atoms. The maximum Gasteiger partial charge on any atom is 0.268 e. The molecule has 5 nitrogen and oxygen atoms in total. The summed E-state index contributed by atoms with van der Waals surface area (Å²) in [5.74, 6) is -0.215. The number of benzene rings is 2. The van der Waals surface area contributed by atoms with Gasteiger partial charge in [-0.2, -0.15) is 0 Å². The number of fused-ring (bicyclic) bond motifs is 1. The summed E-state index contributed by atoms with van der Waals surface area (Å²) >= 11 is 0. The van der Waals surface area contributed by atoms with Gasteiger partial charge >= 0.3 is 0 Å². The number of aromatic hydroxyl groups is 1. The Morgan fingerprint density at radius 1 is 0.952 bits per heavy atom. The minimum atomic E-state index is -3.89. The van der Waals surface area contributed by atoms with Crippen molar-refractivity contribution in [3.8, 4) is 5.75 Å². The fourth-order valence-corrected chi connectivity index (χ4v) is 3.92. The largest absolute Gasteiger partial charge is 0.505 e. The van der Waals surface area contributed by atoms with Crippen LogP contribution in [0.15, 0.2) is 59.5 Å². The molecular weight excluding hydrogens is 290 g/mol. The first-order valence-corrected chi connectivity index (χ1v) is 7.74. The molecule has 0 amide bonds. The molecule has 2 N–H and O–H groups in total. The summed E-state index contributed by atoms with van der Waals surface area (Å²) in [6, 6.07) is 14.5. The third-order valence-electron chi connectivity index (χ3n) is 3.33. The van der Waals surface area contributed by atoms with Crippen LogP contribution in [0.4, 0.5) is 0 Å². The average Bonchev–Trinajstić information content (AvgIpc) is 2.81. The molecule has 0 aliphatic carbocycles. The lowest BCUT2D eigenvalue weighted by atomic mass is 10.2. The molecule has 3 aromatic rings. The van der Waals surface area contributed by atoms with E-state index < -0.39 is 16.6 Å². The highest BCUT2D eigenvalue weighted by atomic mass is 32.2. The first kappa shape index (κ1) is 13.7. The van der Waals surface area contributed by atoms with Crippen LogP contribution in [0.3, 0.4) is 0 Å². The Balaban J connectivity index is 2.40. The standard InChI is InChI=1S/C15H13NO4S/c17-10-14-15(18)12-8-4-5-9-13(12)16(14)21(19,20)11-6-2-1-3-7-11/h1-9,17-18H,10H2. The molecule has 0 aliphatic rings. The summed E-state index contributed by atoms with van der Waals surface area (Å²) in [4.78, 5) is 0.0976. The van der Waals surface area contributed by atoms with Gasteiger partial charge in [0.2, 0.25) is 0 Å². The van der Waals surface area contributed by atoms with Gasteiger partial charge in [-0.15, -0.1) is 0 Å². The minimum absolute atomic E-state index is 0.0416. The van der Waals surface area contributed by atoms with Gasteiger partial charge in [0.05, 0.1) is 17.0 Å². The molecule has 108 valence electrons. The number of hydrogen-bond donors (Lipinski definition) is 2. The van der Waals surface area contributed by atoms with Crippen LogP contribution in [-0.2, 0) is 16.6 Å². The van der Waals surface area contributed by atoms with Crippen LogP contribution in [0.5, 0.6) is 5.75 Å². The van der Waals surface area contributed by atoms with E-state index in [2.05, 4.69) is 0 Å². The van der Waals surface area contributed by atoms with Gasteiger partial charge in [-0.25, -0.2) is 12.4 Å². The van der Waals surface area contributed by atoms with Crippen LogP contribution in [0.2, 0.25) is 0 Å². The van der Waals surface area contributed by atoms with Crippen molar-refractivity contribution in [1.82, 2.24) is 3.97 Å². The molecule has 6 heteroatoms. The van der Waals surface area contributed by atoms with Crippen molar-refractivity contribution in [2.45, 2.75) is 11.5 Å². The van der Waals surface area contributed by atoms with E-state index in [1.54, 1.807) is 42.5 Å². The van der Waals surface area contributed by atoms with E-state index in [1.807, 2.05) is 0 Å². The van der Waals surface area contributed by atoms with Gasteiger partial charge in [-0.05, 0) is 24.3 Å². The molecule has 0 unspecified atom stereocenters. The number of hydrogen-bond acceptors (Lipinski definition) is 4. The monoisotopic (exact) mass is 303 g/mol. The Kier molecular flexibility index (Phi) is 3.19. The number of aliphatic hydroxyl groups excluding tert-OH is 1. The van der Waals surface area contributed by atoms with E-state index >= 15 is 0 Å². The van der Waals surface area contributed by atoms with Crippen molar-refractivity contribution in [2.24, 2.45) is 0 Å². The second kappa shape index (κ2) is 4.91. The molecule has 0 atom stereocenters. The van der Waals surface area contributed by atoms with Crippen molar-refractivity contribution >= 4 is 20.9 Å². The van der Waals surface area contributed by atoms with Crippen LogP contribution >= 0.6 is 0 Å². The highest BCUT2D eigenvalue weighted by Crippen LogP contribution is 2.34. The van der Waals surface area contributed by atoms with Gasteiger partial charge in [0.25, 0.3) is 10.0 Å². The molecule has 0 saturated heterocycles. The van der Waals surface area contributed by atoms with E-state index in [4.69, 9.17) is 0 Å². The SMILES string of the molecule is O=S(=O)(c1ccccc1)n1c(CO)c(O)c2ccccc21. The molecule has 0 spiro atoms. The second-order valence-corrected chi connectivity index (χ2v) is 6.34. The van der Waals surface area contributed by atoms with E-state index in [0.717, 1.165) is 3.97 Å². The molecule has 1 aromatic heterocycles. The molecule has 21 heavy (non-hydrogen) atoms. The predicted molar refractivity (Wildman–Crippen MR) is 78.6 cm³/mol. The fourth-order valence-electron chi connectivity index (χ4n) is 2.36. The number of para-hydroxylation sites is 1. The van der Waals surface area contributed by atoms with Crippen LogP contribution in [0.25, 0.3) is 10.9 Å². The normalized spacial score (nSPS) is 11.9. The van der Waals surface area contributed by atoms with Crippen LogP contribution in [0.1, 0.15) is 5.69 Å². The van der Waals surface area contributed by atoms with Crippen molar-refractivity contribution in [3.05, 3.63) is 60.3 Å². The Morgan fingerprint density at radius 3 is 2.24 bits per heavy atom. The number of aromatic nitrogens is 1. The maximum atomic E-state index is 12.8. The average molecular weight is 303 g/mol. The molecule has 2 aromatic carbocycles. The third kappa shape index (κ3) is 2.00. The third-order valence-corrected chi connectivity index (χ3v) is 5.09. The van der Waals surface area contributed by atoms with Crippen molar-refractivity contribution in [3.63, 3.8) is 0 Å². The highest BCUT2D eigenvalue weighted by Gasteiger charge is 2.26. The summed E-state index contributed by atoms with van der Waals surface area (Å²) in [6.07, 6.45) is 0. The summed E-state index contributed by atoms with van der Waals surface area (Å²) in [5.41, 5.74) is 0.294. The fraction of sp³-hybridized carbons (Fsp3) is 0.0667. The van der Waals surface area contributed by atoms with Gasteiger partial charge < -0.3 is 10.2 Å². The van der Waals surface area contributed by atoms with Gasteiger partial charge in [0.1, 0.15) is 11.4 Å². The predicted octanol–water partition coefficient (Wildman–Crippen LogP) is 2.08. The van der Waals surface area contributed by atoms with Gasteiger partial charge in [0.15, 0.2) is 0 Å². The van der Waals surface area contributed by atoms with Crippen molar-refractivity contribution in [1.29, 1.82) is 0 Å². The smallest absolute Gasteiger partial charge is 0.268 e. The minimum Gasteiger partial charge on any atom is -0.505 e. The topological polar surface area (TPSA) is 79.5 Å². The quantitative estimate of drug-likeness (QED) is 0.776. The highest BCUT2D eigenvalue weighted by molar-refractivity contribution is 7.90. The van der Waals surface area contributed by atoms with Crippen molar-refractivity contribution < 1.29 is 18.6 Å². The van der Waals surface area contributed by atoms with Crippen LogP contribution in [-0.4, -0.2) is 22.6 Å². The molecular formula is C15H13NO4S. The van der Waals surface area contributed by atoms with E-state index in [-0.39, 0.29) is 16.3 Å². The number of rotatable bonds is 3. The zero-order valence-electron chi connectivity index (χ0n) is 11.0. The Bertz CT molecular complexity index is 898. The first-order chi connectivity index (χ1) is 10.1. The zero-order valence-corrected chi connectivity index (χ0v) is 11.8. The molecule has 0 saturated carbocycles.